The Labute approximate surface area is 90.3 Å². The van der Waals surface area contributed by atoms with Gasteiger partial charge in [-0.15, -0.1) is 0 Å². The summed E-state index contributed by atoms with van der Waals surface area (Å²) in [5, 5.41) is 0. The Bertz CT molecular complexity index is 349. The molecule has 0 aliphatic rings. The summed E-state index contributed by atoms with van der Waals surface area (Å²) < 4.78 is 0. The molecule has 0 aromatic heterocycles. The zero-order valence-electron chi connectivity index (χ0n) is 9.40. The van der Waals surface area contributed by atoms with E-state index in [1.165, 1.54) is 0 Å². The van der Waals surface area contributed by atoms with Crippen molar-refractivity contribution in [2.75, 3.05) is 38.3 Å². The van der Waals surface area contributed by atoms with Crippen LogP contribution in [0, 0.1) is 0 Å². The molecule has 2 N–H and O–H groups in total. The molecule has 1 rings (SSSR count). The van der Waals surface area contributed by atoms with E-state index in [1.807, 2.05) is 36.2 Å². The lowest BCUT2D eigenvalue weighted by Gasteiger charge is -2.21. The van der Waals surface area contributed by atoms with Crippen LogP contribution >= 0.6 is 0 Å². The largest absolute Gasteiger partial charge is 0.399 e. The van der Waals surface area contributed by atoms with Crippen LogP contribution in [0.15, 0.2) is 24.3 Å². The molecule has 0 fully saturated rings. The Balaban J connectivity index is 2.69. The van der Waals surface area contributed by atoms with E-state index in [4.69, 9.17) is 5.73 Å². The number of anilines is 2. The number of hydrogen-bond donors (Lipinski definition) is 1. The molecule has 0 unspecified atom stereocenters. The minimum Gasteiger partial charge on any atom is -0.399 e. The fraction of sp³-hybridized carbons (Fsp3) is 0.364. The molecule has 0 saturated carbocycles. The zero-order chi connectivity index (χ0) is 11.4. The van der Waals surface area contributed by atoms with Crippen molar-refractivity contribution >= 4 is 17.3 Å². The van der Waals surface area contributed by atoms with Crippen LogP contribution < -0.4 is 10.6 Å². The summed E-state index contributed by atoms with van der Waals surface area (Å²) in [5.74, 6) is 0.0694. The highest BCUT2D eigenvalue weighted by molar-refractivity contribution is 5.81. The van der Waals surface area contributed by atoms with E-state index in [0.29, 0.717) is 12.2 Å². The van der Waals surface area contributed by atoms with E-state index in [1.54, 1.807) is 19.0 Å². The first kappa shape index (κ1) is 11.4. The number of rotatable bonds is 3. The van der Waals surface area contributed by atoms with Crippen molar-refractivity contribution in [1.29, 1.82) is 0 Å². The molecule has 0 radical (unpaired) electrons. The van der Waals surface area contributed by atoms with Gasteiger partial charge in [0, 0.05) is 32.5 Å². The van der Waals surface area contributed by atoms with Crippen LogP contribution in [0.25, 0.3) is 0 Å². The van der Waals surface area contributed by atoms with Crippen LogP contribution in [0.1, 0.15) is 0 Å². The summed E-state index contributed by atoms with van der Waals surface area (Å²) in [4.78, 5) is 14.9. The molecule has 4 nitrogen and oxygen atoms in total. The van der Waals surface area contributed by atoms with Crippen molar-refractivity contribution in [3.63, 3.8) is 0 Å². The lowest BCUT2D eigenvalue weighted by Crippen LogP contribution is -2.34. The lowest BCUT2D eigenvalue weighted by atomic mass is 10.2. The number of nitrogens with zero attached hydrogens (tertiary/aromatic N) is 2. The van der Waals surface area contributed by atoms with Gasteiger partial charge in [-0.25, -0.2) is 0 Å². The molecule has 0 heterocycles. The number of carbonyl (C=O) groups excluding carboxylic acids is 1. The van der Waals surface area contributed by atoms with E-state index in [2.05, 4.69) is 0 Å². The van der Waals surface area contributed by atoms with Crippen LogP contribution in [-0.4, -0.2) is 38.5 Å². The van der Waals surface area contributed by atoms with Gasteiger partial charge in [0.1, 0.15) is 0 Å². The molecular formula is C11H17N3O. The quantitative estimate of drug-likeness (QED) is 0.746. The van der Waals surface area contributed by atoms with Crippen molar-refractivity contribution in [3.8, 4) is 0 Å². The van der Waals surface area contributed by atoms with Crippen molar-refractivity contribution in [1.82, 2.24) is 4.90 Å². The average molecular weight is 207 g/mol. The second kappa shape index (κ2) is 4.68. The second-order valence-electron chi connectivity index (χ2n) is 3.74. The molecule has 1 amide bonds. The van der Waals surface area contributed by atoms with E-state index >= 15 is 0 Å². The van der Waals surface area contributed by atoms with Crippen LogP contribution in [0.2, 0.25) is 0 Å². The van der Waals surface area contributed by atoms with Crippen molar-refractivity contribution in [2.24, 2.45) is 0 Å². The third kappa shape index (κ3) is 3.16. The van der Waals surface area contributed by atoms with E-state index in [0.717, 1.165) is 5.69 Å². The molecule has 82 valence electrons. The number of carbonyl (C=O) groups is 1. The van der Waals surface area contributed by atoms with Gasteiger partial charge in [-0.1, -0.05) is 6.07 Å². The Kier molecular flexibility index (Phi) is 3.55. The number of amides is 1. The van der Waals surface area contributed by atoms with Crippen molar-refractivity contribution in [3.05, 3.63) is 24.3 Å². The standard InChI is InChI=1S/C11H17N3O/c1-13(2)11(15)8-14(3)10-6-4-5-9(12)7-10/h4-7H,8,12H2,1-3H3. The summed E-state index contributed by atoms with van der Waals surface area (Å²) in [6, 6.07) is 7.48. The molecule has 0 aliphatic heterocycles. The zero-order valence-corrected chi connectivity index (χ0v) is 9.40. The number of nitrogen functional groups attached to an aromatic ring is 1. The highest BCUT2D eigenvalue weighted by Crippen LogP contribution is 2.15. The Morgan fingerprint density at radius 2 is 2.00 bits per heavy atom. The molecule has 0 saturated heterocycles. The summed E-state index contributed by atoms with van der Waals surface area (Å²) in [6.07, 6.45) is 0. The lowest BCUT2D eigenvalue weighted by molar-refractivity contribution is -0.127. The molecule has 0 spiro atoms. The van der Waals surface area contributed by atoms with Crippen LogP contribution in [-0.2, 0) is 4.79 Å². The van der Waals surface area contributed by atoms with Gasteiger partial charge in [0.05, 0.1) is 6.54 Å². The summed E-state index contributed by atoms with van der Waals surface area (Å²) in [5.41, 5.74) is 7.32. The minimum atomic E-state index is 0.0694. The van der Waals surface area contributed by atoms with Crippen LogP contribution in [0.4, 0.5) is 11.4 Å². The van der Waals surface area contributed by atoms with Crippen molar-refractivity contribution in [2.45, 2.75) is 0 Å². The predicted molar refractivity (Wildman–Crippen MR) is 62.8 cm³/mol. The first-order chi connectivity index (χ1) is 7.00. The second-order valence-corrected chi connectivity index (χ2v) is 3.74. The molecular weight excluding hydrogens is 190 g/mol. The smallest absolute Gasteiger partial charge is 0.241 e. The Hall–Kier alpha value is -1.71. The number of likely N-dealkylation sites (N-methyl/N-ethyl adjacent to an activating group) is 2. The SMILES string of the molecule is CN(C)C(=O)CN(C)c1cccc(N)c1. The Morgan fingerprint density at radius 1 is 1.33 bits per heavy atom. The summed E-state index contributed by atoms with van der Waals surface area (Å²) in [6.45, 7) is 0.358. The molecule has 15 heavy (non-hydrogen) atoms. The van der Waals surface area contributed by atoms with E-state index < -0.39 is 0 Å². The molecule has 1 aromatic rings. The fourth-order valence-electron chi connectivity index (χ4n) is 1.20. The maximum absolute atomic E-state index is 11.5. The van der Waals surface area contributed by atoms with Gasteiger partial charge in [-0.3, -0.25) is 4.79 Å². The molecule has 0 atom stereocenters. The Morgan fingerprint density at radius 3 is 2.53 bits per heavy atom. The van der Waals surface area contributed by atoms with Gasteiger partial charge in [0.2, 0.25) is 5.91 Å². The maximum atomic E-state index is 11.5. The van der Waals surface area contributed by atoms with Gasteiger partial charge in [0.25, 0.3) is 0 Å². The molecule has 4 heteroatoms. The maximum Gasteiger partial charge on any atom is 0.241 e. The van der Waals surface area contributed by atoms with Gasteiger partial charge in [0.15, 0.2) is 0 Å². The summed E-state index contributed by atoms with van der Waals surface area (Å²) in [7, 11) is 5.36. The number of hydrogen-bond acceptors (Lipinski definition) is 3. The summed E-state index contributed by atoms with van der Waals surface area (Å²) >= 11 is 0. The van der Waals surface area contributed by atoms with E-state index in [-0.39, 0.29) is 5.91 Å². The molecule has 0 aliphatic carbocycles. The molecule has 1 aromatic carbocycles. The third-order valence-corrected chi connectivity index (χ3v) is 2.18. The van der Waals surface area contributed by atoms with Crippen LogP contribution in [0.3, 0.4) is 0 Å². The van der Waals surface area contributed by atoms with Gasteiger partial charge < -0.3 is 15.5 Å². The van der Waals surface area contributed by atoms with E-state index in [9.17, 15) is 4.79 Å². The van der Waals surface area contributed by atoms with Gasteiger partial charge in [-0.2, -0.15) is 0 Å². The average Bonchev–Trinajstić information content (AvgIpc) is 2.17. The number of nitrogens with two attached hydrogens (primary N) is 1. The minimum absolute atomic E-state index is 0.0694. The molecule has 0 bridgehead atoms. The highest BCUT2D eigenvalue weighted by Gasteiger charge is 2.08. The van der Waals surface area contributed by atoms with Crippen molar-refractivity contribution < 1.29 is 4.79 Å². The normalized spacial score (nSPS) is 9.80. The fourth-order valence-corrected chi connectivity index (χ4v) is 1.20. The predicted octanol–water partition coefficient (Wildman–Crippen LogP) is 0.793. The first-order valence-electron chi connectivity index (χ1n) is 4.77. The monoisotopic (exact) mass is 207 g/mol. The third-order valence-electron chi connectivity index (χ3n) is 2.18. The first-order valence-corrected chi connectivity index (χ1v) is 4.77. The van der Waals surface area contributed by atoms with Gasteiger partial charge >= 0.3 is 0 Å². The van der Waals surface area contributed by atoms with Crippen LogP contribution in [0.5, 0.6) is 0 Å². The highest BCUT2D eigenvalue weighted by atomic mass is 16.2. The topological polar surface area (TPSA) is 49.6 Å². The van der Waals surface area contributed by atoms with Gasteiger partial charge in [-0.05, 0) is 18.2 Å². The number of benzene rings is 1.